The van der Waals surface area contributed by atoms with Crippen molar-refractivity contribution in [1.29, 1.82) is 0 Å². The Morgan fingerprint density at radius 1 is 1.41 bits per heavy atom. The average molecular weight is 259 g/mol. The van der Waals surface area contributed by atoms with Crippen molar-refractivity contribution in [2.75, 3.05) is 31.7 Å². The number of amides is 2. The van der Waals surface area contributed by atoms with E-state index in [0.717, 1.165) is 0 Å². The molecule has 1 aromatic carbocycles. The van der Waals surface area contributed by atoms with Gasteiger partial charge in [-0.05, 0) is 18.2 Å². The molecule has 0 spiro atoms. The minimum Gasteiger partial charge on any atom is -0.394 e. The third-order valence-corrected chi connectivity index (χ3v) is 2.09. The van der Waals surface area contributed by atoms with Gasteiger partial charge in [-0.15, -0.1) is 0 Å². The Hall–Kier alpha value is -1.30. The van der Waals surface area contributed by atoms with Crippen molar-refractivity contribution in [3.05, 3.63) is 29.3 Å². The summed E-state index contributed by atoms with van der Waals surface area (Å²) in [4.78, 5) is 11.4. The number of hydrogen-bond acceptors (Lipinski definition) is 3. The fourth-order valence-corrected chi connectivity index (χ4v) is 1.34. The van der Waals surface area contributed by atoms with Crippen LogP contribution in [0.4, 0.5) is 10.5 Å². The molecule has 17 heavy (non-hydrogen) atoms. The van der Waals surface area contributed by atoms with E-state index in [0.29, 0.717) is 23.9 Å². The maximum Gasteiger partial charge on any atom is 0.319 e. The molecule has 0 fully saturated rings. The number of aliphatic hydroxyl groups is 1. The van der Waals surface area contributed by atoms with E-state index in [1.54, 1.807) is 24.3 Å². The third-order valence-electron chi connectivity index (χ3n) is 1.85. The van der Waals surface area contributed by atoms with Gasteiger partial charge in [0.1, 0.15) is 0 Å². The van der Waals surface area contributed by atoms with Crippen molar-refractivity contribution in [3.8, 4) is 0 Å². The summed E-state index contributed by atoms with van der Waals surface area (Å²) in [5.41, 5.74) is 0.631. The lowest BCUT2D eigenvalue weighted by atomic mass is 10.3. The molecule has 0 saturated carbocycles. The molecule has 0 saturated heterocycles. The van der Waals surface area contributed by atoms with Crippen LogP contribution in [0.25, 0.3) is 0 Å². The number of hydrogen-bond donors (Lipinski definition) is 3. The monoisotopic (exact) mass is 258 g/mol. The van der Waals surface area contributed by atoms with E-state index >= 15 is 0 Å². The number of carbonyl (C=O) groups is 1. The van der Waals surface area contributed by atoms with Crippen LogP contribution >= 0.6 is 11.6 Å². The summed E-state index contributed by atoms with van der Waals surface area (Å²) in [7, 11) is 0. The molecule has 2 amide bonds. The van der Waals surface area contributed by atoms with Crippen molar-refractivity contribution in [2.24, 2.45) is 0 Å². The van der Waals surface area contributed by atoms with Crippen LogP contribution in [0.15, 0.2) is 24.3 Å². The zero-order valence-corrected chi connectivity index (χ0v) is 10.0. The second kappa shape index (κ2) is 7.89. The summed E-state index contributed by atoms with van der Waals surface area (Å²) in [6.45, 7) is 1.00. The van der Waals surface area contributed by atoms with Crippen LogP contribution in [0.5, 0.6) is 0 Å². The Balaban J connectivity index is 2.21. The van der Waals surface area contributed by atoms with E-state index in [1.165, 1.54) is 0 Å². The standard InChI is InChI=1S/C11H15ClN2O3/c12-9-2-1-3-10(8-9)14-11(16)13-4-6-17-7-5-15/h1-3,8,15H,4-7H2,(H2,13,14,16). The van der Waals surface area contributed by atoms with Crippen LogP contribution in [-0.2, 0) is 4.74 Å². The van der Waals surface area contributed by atoms with Crippen molar-refractivity contribution in [3.63, 3.8) is 0 Å². The second-order valence-corrected chi connectivity index (χ2v) is 3.66. The lowest BCUT2D eigenvalue weighted by Gasteiger charge is -2.07. The van der Waals surface area contributed by atoms with Gasteiger partial charge < -0.3 is 20.5 Å². The maximum absolute atomic E-state index is 11.4. The highest BCUT2D eigenvalue weighted by Crippen LogP contribution is 2.14. The van der Waals surface area contributed by atoms with Crippen LogP contribution in [0.2, 0.25) is 5.02 Å². The first-order valence-electron chi connectivity index (χ1n) is 5.21. The Kier molecular flexibility index (Phi) is 6.39. The van der Waals surface area contributed by atoms with E-state index in [2.05, 4.69) is 10.6 Å². The zero-order valence-electron chi connectivity index (χ0n) is 9.28. The number of halogens is 1. The zero-order chi connectivity index (χ0) is 12.5. The van der Waals surface area contributed by atoms with E-state index in [4.69, 9.17) is 21.4 Å². The highest BCUT2D eigenvalue weighted by Gasteiger charge is 2.00. The van der Waals surface area contributed by atoms with Gasteiger partial charge in [0.15, 0.2) is 0 Å². The van der Waals surface area contributed by atoms with Gasteiger partial charge in [-0.3, -0.25) is 0 Å². The Morgan fingerprint density at radius 3 is 2.94 bits per heavy atom. The topological polar surface area (TPSA) is 70.6 Å². The van der Waals surface area contributed by atoms with Crippen LogP contribution in [0.1, 0.15) is 0 Å². The van der Waals surface area contributed by atoms with Gasteiger partial charge in [0.2, 0.25) is 0 Å². The number of benzene rings is 1. The van der Waals surface area contributed by atoms with Gasteiger partial charge in [-0.25, -0.2) is 4.79 Å². The van der Waals surface area contributed by atoms with Crippen molar-refractivity contribution < 1.29 is 14.6 Å². The Bertz CT molecular complexity index is 360. The minimum absolute atomic E-state index is 0.0191. The van der Waals surface area contributed by atoms with Crippen molar-refractivity contribution in [1.82, 2.24) is 5.32 Å². The third kappa shape index (κ3) is 6.11. The summed E-state index contributed by atoms with van der Waals surface area (Å²) in [5, 5.41) is 14.3. The van der Waals surface area contributed by atoms with Gasteiger partial charge >= 0.3 is 6.03 Å². The molecule has 0 aromatic heterocycles. The molecule has 6 heteroatoms. The molecule has 1 rings (SSSR count). The molecule has 0 aliphatic rings. The molecular formula is C11H15ClN2O3. The predicted octanol–water partition coefficient (Wildman–Crippen LogP) is 1.47. The first-order chi connectivity index (χ1) is 8.22. The molecule has 5 nitrogen and oxygen atoms in total. The van der Waals surface area contributed by atoms with Crippen LogP contribution < -0.4 is 10.6 Å². The summed E-state index contributed by atoms with van der Waals surface area (Å²) < 4.78 is 4.99. The Labute approximate surface area is 105 Å². The van der Waals surface area contributed by atoms with E-state index < -0.39 is 0 Å². The maximum atomic E-state index is 11.4. The number of aliphatic hydroxyl groups excluding tert-OH is 1. The number of anilines is 1. The van der Waals surface area contributed by atoms with Crippen molar-refractivity contribution >= 4 is 23.3 Å². The quantitative estimate of drug-likeness (QED) is 0.677. The molecule has 0 unspecified atom stereocenters. The normalized spacial score (nSPS) is 10.0. The first-order valence-corrected chi connectivity index (χ1v) is 5.59. The number of nitrogens with one attached hydrogen (secondary N) is 2. The lowest BCUT2D eigenvalue weighted by molar-refractivity contribution is 0.0950. The second-order valence-electron chi connectivity index (χ2n) is 3.23. The van der Waals surface area contributed by atoms with Crippen LogP contribution in [0.3, 0.4) is 0 Å². The highest BCUT2D eigenvalue weighted by atomic mass is 35.5. The average Bonchev–Trinajstić information content (AvgIpc) is 2.29. The summed E-state index contributed by atoms with van der Waals surface area (Å²) >= 11 is 5.77. The fourth-order valence-electron chi connectivity index (χ4n) is 1.14. The van der Waals surface area contributed by atoms with Gasteiger partial charge in [-0.2, -0.15) is 0 Å². The smallest absolute Gasteiger partial charge is 0.319 e. The molecule has 94 valence electrons. The first kappa shape index (κ1) is 13.8. The molecule has 0 aliphatic heterocycles. The molecule has 0 bridgehead atoms. The van der Waals surface area contributed by atoms with Gasteiger partial charge in [0.25, 0.3) is 0 Å². The lowest BCUT2D eigenvalue weighted by Crippen LogP contribution is -2.31. The summed E-state index contributed by atoms with van der Waals surface area (Å²) in [6, 6.07) is 6.56. The number of rotatable bonds is 6. The predicted molar refractivity (Wildman–Crippen MR) is 66.4 cm³/mol. The van der Waals surface area contributed by atoms with Gasteiger partial charge in [0.05, 0.1) is 19.8 Å². The number of urea groups is 1. The SMILES string of the molecule is O=C(NCCOCCO)Nc1cccc(Cl)c1. The molecule has 1 aromatic rings. The molecule has 0 aliphatic carbocycles. The fraction of sp³-hybridized carbons (Fsp3) is 0.364. The summed E-state index contributed by atoms with van der Waals surface area (Å²) in [5.74, 6) is 0. The highest BCUT2D eigenvalue weighted by molar-refractivity contribution is 6.30. The largest absolute Gasteiger partial charge is 0.394 e. The Morgan fingerprint density at radius 2 is 2.24 bits per heavy atom. The van der Waals surface area contributed by atoms with Gasteiger partial charge in [-0.1, -0.05) is 17.7 Å². The molecule has 0 atom stereocenters. The van der Waals surface area contributed by atoms with Gasteiger partial charge in [0, 0.05) is 17.3 Å². The number of carbonyl (C=O) groups excluding carboxylic acids is 1. The molecule has 3 N–H and O–H groups in total. The van der Waals surface area contributed by atoms with Crippen LogP contribution in [0, 0.1) is 0 Å². The van der Waals surface area contributed by atoms with Crippen molar-refractivity contribution in [2.45, 2.75) is 0 Å². The number of ether oxygens (including phenoxy) is 1. The van der Waals surface area contributed by atoms with E-state index in [1.807, 2.05) is 0 Å². The molecule has 0 radical (unpaired) electrons. The van der Waals surface area contributed by atoms with Crippen LogP contribution in [-0.4, -0.2) is 37.5 Å². The molecular weight excluding hydrogens is 244 g/mol. The summed E-state index contributed by atoms with van der Waals surface area (Å²) in [6.07, 6.45) is 0. The van der Waals surface area contributed by atoms with E-state index in [-0.39, 0.29) is 19.2 Å². The van der Waals surface area contributed by atoms with E-state index in [9.17, 15) is 4.79 Å². The molecule has 0 heterocycles. The minimum atomic E-state index is -0.320.